The molecule has 0 aliphatic heterocycles. The molecule has 0 aromatic carbocycles. The van der Waals surface area contributed by atoms with Gasteiger partial charge in [-0.3, -0.25) is 0 Å². The van der Waals surface area contributed by atoms with Gasteiger partial charge in [0.2, 0.25) is 0 Å². The standard InChI is InChI=1S/C14H25BrN2S/c1-4-8-16-14(7-9-17(5-2)6-3)12-10-18-11-13(12)15/h10-11,14,16H,4-9H2,1-3H3. The van der Waals surface area contributed by atoms with E-state index in [-0.39, 0.29) is 0 Å². The lowest BCUT2D eigenvalue weighted by Crippen LogP contribution is -2.29. The summed E-state index contributed by atoms with van der Waals surface area (Å²) in [5.41, 5.74) is 1.42. The highest BCUT2D eigenvalue weighted by atomic mass is 79.9. The van der Waals surface area contributed by atoms with Crippen molar-refractivity contribution in [1.82, 2.24) is 10.2 Å². The van der Waals surface area contributed by atoms with Crippen molar-refractivity contribution in [1.29, 1.82) is 0 Å². The number of halogens is 1. The van der Waals surface area contributed by atoms with Gasteiger partial charge in [0, 0.05) is 15.9 Å². The molecule has 0 radical (unpaired) electrons. The molecule has 4 heteroatoms. The van der Waals surface area contributed by atoms with E-state index < -0.39 is 0 Å². The largest absolute Gasteiger partial charge is 0.310 e. The van der Waals surface area contributed by atoms with Gasteiger partial charge in [0.05, 0.1) is 0 Å². The molecule has 1 N–H and O–H groups in total. The molecule has 1 unspecified atom stereocenters. The summed E-state index contributed by atoms with van der Waals surface area (Å²) in [6, 6.07) is 0.478. The number of nitrogens with zero attached hydrogens (tertiary/aromatic N) is 1. The van der Waals surface area contributed by atoms with Crippen LogP contribution in [0.25, 0.3) is 0 Å². The van der Waals surface area contributed by atoms with Gasteiger partial charge in [0.25, 0.3) is 0 Å². The molecule has 0 saturated carbocycles. The molecule has 1 atom stereocenters. The Kier molecular flexibility index (Phi) is 8.15. The highest BCUT2D eigenvalue weighted by molar-refractivity contribution is 9.10. The second-order valence-corrected chi connectivity index (χ2v) is 6.10. The summed E-state index contributed by atoms with van der Waals surface area (Å²) in [5, 5.41) is 8.10. The molecule has 1 aromatic rings. The van der Waals surface area contributed by atoms with Gasteiger partial charge in [-0.1, -0.05) is 20.8 Å². The summed E-state index contributed by atoms with van der Waals surface area (Å²) in [5.74, 6) is 0. The van der Waals surface area contributed by atoms with Gasteiger partial charge in [-0.2, -0.15) is 11.3 Å². The normalized spacial score (nSPS) is 13.2. The molecule has 104 valence electrons. The van der Waals surface area contributed by atoms with Crippen LogP contribution in [0.5, 0.6) is 0 Å². The van der Waals surface area contributed by atoms with Gasteiger partial charge in [0.1, 0.15) is 0 Å². The zero-order chi connectivity index (χ0) is 13.4. The molecular weight excluding hydrogens is 308 g/mol. The van der Waals surface area contributed by atoms with Crippen LogP contribution < -0.4 is 5.32 Å². The van der Waals surface area contributed by atoms with E-state index >= 15 is 0 Å². The van der Waals surface area contributed by atoms with Crippen molar-refractivity contribution in [3.8, 4) is 0 Å². The highest BCUT2D eigenvalue weighted by Gasteiger charge is 2.15. The topological polar surface area (TPSA) is 15.3 Å². The Balaban J connectivity index is 2.59. The summed E-state index contributed by atoms with van der Waals surface area (Å²) in [7, 11) is 0. The fourth-order valence-corrected chi connectivity index (χ4v) is 3.71. The van der Waals surface area contributed by atoms with Crippen LogP contribution in [0.15, 0.2) is 15.2 Å². The van der Waals surface area contributed by atoms with Gasteiger partial charge < -0.3 is 10.2 Å². The zero-order valence-corrected chi connectivity index (χ0v) is 14.1. The Bertz CT molecular complexity index is 323. The minimum Gasteiger partial charge on any atom is -0.310 e. The average molecular weight is 333 g/mol. The van der Waals surface area contributed by atoms with Crippen LogP contribution in [0.3, 0.4) is 0 Å². The van der Waals surface area contributed by atoms with E-state index in [1.807, 2.05) is 0 Å². The molecule has 0 spiro atoms. The summed E-state index contributed by atoms with van der Waals surface area (Å²) in [6.07, 6.45) is 2.36. The maximum atomic E-state index is 3.67. The Hall–Kier alpha value is 0.100. The summed E-state index contributed by atoms with van der Waals surface area (Å²) < 4.78 is 1.25. The number of hydrogen-bond donors (Lipinski definition) is 1. The highest BCUT2D eigenvalue weighted by Crippen LogP contribution is 2.29. The number of hydrogen-bond acceptors (Lipinski definition) is 3. The van der Waals surface area contributed by atoms with E-state index in [0.717, 1.165) is 26.2 Å². The quantitative estimate of drug-likeness (QED) is 0.725. The van der Waals surface area contributed by atoms with Gasteiger partial charge in [0.15, 0.2) is 0 Å². The molecule has 0 fully saturated rings. The average Bonchev–Trinajstić information content (AvgIpc) is 2.80. The molecule has 0 amide bonds. The van der Waals surface area contributed by atoms with Crippen molar-refractivity contribution >= 4 is 27.3 Å². The Morgan fingerprint density at radius 2 is 2.00 bits per heavy atom. The molecule has 0 aliphatic rings. The lowest BCUT2D eigenvalue weighted by Gasteiger charge is -2.23. The van der Waals surface area contributed by atoms with Crippen molar-refractivity contribution in [2.75, 3.05) is 26.2 Å². The van der Waals surface area contributed by atoms with Crippen LogP contribution in [0.2, 0.25) is 0 Å². The second kappa shape index (κ2) is 9.08. The molecule has 0 aliphatic carbocycles. The van der Waals surface area contributed by atoms with Crippen molar-refractivity contribution < 1.29 is 0 Å². The Labute approximate surface area is 124 Å². The van der Waals surface area contributed by atoms with E-state index in [0.29, 0.717) is 6.04 Å². The smallest absolute Gasteiger partial charge is 0.0351 e. The van der Waals surface area contributed by atoms with Crippen molar-refractivity contribution in [3.05, 3.63) is 20.8 Å². The second-order valence-electron chi connectivity index (χ2n) is 4.50. The minimum absolute atomic E-state index is 0.478. The predicted molar refractivity (Wildman–Crippen MR) is 85.5 cm³/mol. The van der Waals surface area contributed by atoms with Gasteiger partial charge in [-0.25, -0.2) is 0 Å². The third-order valence-electron chi connectivity index (χ3n) is 3.29. The molecular formula is C14H25BrN2S. The third-order valence-corrected chi connectivity index (χ3v) is 5.04. The first-order valence-corrected chi connectivity index (χ1v) is 8.63. The fraction of sp³-hybridized carbons (Fsp3) is 0.714. The van der Waals surface area contributed by atoms with Crippen LogP contribution in [0.1, 0.15) is 45.2 Å². The Morgan fingerprint density at radius 3 is 2.50 bits per heavy atom. The van der Waals surface area contributed by atoms with Crippen molar-refractivity contribution in [2.24, 2.45) is 0 Å². The molecule has 1 aromatic heterocycles. The first kappa shape index (κ1) is 16.2. The van der Waals surface area contributed by atoms with Crippen LogP contribution in [-0.2, 0) is 0 Å². The van der Waals surface area contributed by atoms with Crippen LogP contribution in [0.4, 0.5) is 0 Å². The van der Waals surface area contributed by atoms with Crippen LogP contribution in [0, 0.1) is 0 Å². The van der Waals surface area contributed by atoms with Gasteiger partial charge in [-0.05, 0) is 65.9 Å². The van der Waals surface area contributed by atoms with Gasteiger partial charge >= 0.3 is 0 Å². The molecule has 18 heavy (non-hydrogen) atoms. The van der Waals surface area contributed by atoms with Crippen molar-refractivity contribution in [3.63, 3.8) is 0 Å². The molecule has 1 rings (SSSR count). The van der Waals surface area contributed by atoms with Gasteiger partial charge in [-0.15, -0.1) is 0 Å². The van der Waals surface area contributed by atoms with E-state index in [1.54, 1.807) is 11.3 Å². The number of thiophene rings is 1. The maximum Gasteiger partial charge on any atom is 0.0351 e. The van der Waals surface area contributed by atoms with Crippen LogP contribution >= 0.6 is 27.3 Å². The summed E-state index contributed by atoms with van der Waals surface area (Å²) in [4.78, 5) is 2.49. The first-order chi connectivity index (χ1) is 8.72. The number of nitrogens with one attached hydrogen (secondary N) is 1. The first-order valence-electron chi connectivity index (χ1n) is 6.90. The summed E-state index contributed by atoms with van der Waals surface area (Å²) >= 11 is 5.43. The maximum absolute atomic E-state index is 3.67. The number of rotatable bonds is 9. The molecule has 0 saturated heterocycles. The molecule has 0 bridgehead atoms. The zero-order valence-electron chi connectivity index (χ0n) is 11.7. The predicted octanol–water partition coefficient (Wildman–Crippen LogP) is 4.28. The lowest BCUT2D eigenvalue weighted by atomic mass is 10.1. The third kappa shape index (κ3) is 5.00. The molecule has 2 nitrogen and oxygen atoms in total. The van der Waals surface area contributed by atoms with E-state index in [2.05, 4.69) is 57.7 Å². The Morgan fingerprint density at radius 1 is 1.28 bits per heavy atom. The minimum atomic E-state index is 0.478. The van der Waals surface area contributed by atoms with E-state index in [1.165, 1.54) is 22.9 Å². The molecule has 1 heterocycles. The summed E-state index contributed by atoms with van der Waals surface area (Å²) in [6.45, 7) is 11.2. The van der Waals surface area contributed by atoms with Crippen molar-refractivity contribution in [2.45, 2.75) is 39.7 Å². The lowest BCUT2D eigenvalue weighted by molar-refractivity contribution is 0.281. The van der Waals surface area contributed by atoms with E-state index in [4.69, 9.17) is 0 Å². The fourth-order valence-electron chi connectivity index (χ4n) is 2.08. The monoisotopic (exact) mass is 332 g/mol. The van der Waals surface area contributed by atoms with E-state index in [9.17, 15) is 0 Å². The SMILES string of the molecule is CCCNC(CCN(CC)CC)c1cscc1Br. The van der Waals surface area contributed by atoms with Crippen LogP contribution in [-0.4, -0.2) is 31.1 Å².